The summed E-state index contributed by atoms with van der Waals surface area (Å²) < 4.78 is 40.3. The van der Waals surface area contributed by atoms with Crippen molar-refractivity contribution in [2.45, 2.75) is 19.2 Å². The van der Waals surface area contributed by atoms with Gasteiger partial charge in [-0.15, -0.1) is 0 Å². The van der Waals surface area contributed by atoms with Crippen molar-refractivity contribution in [1.29, 1.82) is 0 Å². The van der Waals surface area contributed by atoms with Gasteiger partial charge in [0.25, 0.3) is 0 Å². The molecule has 0 aliphatic heterocycles. The Kier molecular flexibility index (Phi) is 4.98. The Morgan fingerprint density at radius 2 is 1.82 bits per heavy atom. The van der Waals surface area contributed by atoms with E-state index in [0.717, 1.165) is 0 Å². The molecule has 0 amide bonds. The number of benzene rings is 1. The van der Waals surface area contributed by atoms with Gasteiger partial charge in [-0.1, -0.05) is 24.3 Å². The maximum Gasteiger partial charge on any atom is 0.488 e. The van der Waals surface area contributed by atoms with Crippen LogP contribution in [-0.2, 0) is 11.3 Å². The lowest BCUT2D eigenvalue weighted by Crippen LogP contribution is -2.33. The minimum atomic E-state index is -4.24. The van der Waals surface area contributed by atoms with E-state index in [1.807, 2.05) is 0 Å². The first kappa shape index (κ1) is 14.0. The van der Waals surface area contributed by atoms with Crippen molar-refractivity contribution in [3.05, 3.63) is 29.8 Å². The summed E-state index contributed by atoms with van der Waals surface area (Å²) in [5.41, 5.74) is 0.698. The molecule has 0 radical (unpaired) electrons. The first-order valence-electron chi connectivity index (χ1n) is 4.98. The predicted molar refractivity (Wildman–Crippen MR) is 56.6 cm³/mol. The van der Waals surface area contributed by atoms with Crippen LogP contribution in [0.15, 0.2) is 24.3 Å². The van der Waals surface area contributed by atoms with Crippen molar-refractivity contribution in [1.82, 2.24) is 0 Å². The van der Waals surface area contributed by atoms with Gasteiger partial charge in [0.05, 0.1) is 19.6 Å². The highest BCUT2D eigenvalue weighted by molar-refractivity contribution is 6.59. The Hall–Kier alpha value is -1.05. The van der Waals surface area contributed by atoms with E-state index in [1.54, 1.807) is 18.2 Å². The Bertz CT molecular complexity index is 355. The number of rotatable bonds is 5. The van der Waals surface area contributed by atoms with Gasteiger partial charge in [-0.2, -0.15) is 13.2 Å². The van der Waals surface area contributed by atoms with E-state index in [1.165, 1.54) is 6.07 Å². The molecule has 0 saturated heterocycles. The quantitative estimate of drug-likeness (QED) is 0.599. The molecule has 2 N–H and O–H groups in total. The zero-order chi connectivity index (χ0) is 12.9. The molecule has 1 aromatic rings. The summed E-state index contributed by atoms with van der Waals surface area (Å²) >= 11 is 0. The van der Waals surface area contributed by atoms with Crippen molar-refractivity contribution < 1.29 is 28.0 Å². The molecule has 0 aromatic heterocycles. The Morgan fingerprint density at radius 3 is 2.41 bits per heavy atom. The second-order valence-corrected chi connectivity index (χ2v) is 3.49. The highest BCUT2D eigenvalue weighted by Gasteiger charge is 2.26. The molecular weight excluding hydrogens is 236 g/mol. The first-order valence-corrected chi connectivity index (χ1v) is 4.98. The molecule has 0 bridgehead atoms. The lowest BCUT2D eigenvalue weighted by atomic mass is 9.77. The van der Waals surface area contributed by atoms with E-state index < -0.39 is 26.3 Å². The minimum Gasteiger partial charge on any atom is -0.423 e. The SMILES string of the molecule is OB(O)c1ccccc1COCCC(F)(F)F. The normalized spacial score (nSPS) is 11.6. The molecular formula is C10H12BF3O3. The molecule has 1 aromatic carbocycles. The van der Waals surface area contributed by atoms with E-state index in [0.29, 0.717) is 5.56 Å². The minimum absolute atomic E-state index is 0.0795. The summed E-state index contributed by atoms with van der Waals surface area (Å²) in [6.07, 6.45) is -5.26. The number of hydrogen-bond donors (Lipinski definition) is 2. The molecule has 0 heterocycles. The topological polar surface area (TPSA) is 49.7 Å². The molecule has 7 heteroatoms. The third-order valence-corrected chi connectivity index (χ3v) is 2.12. The monoisotopic (exact) mass is 248 g/mol. The second kappa shape index (κ2) is 6.04. The molecule has 1 rings (SSSR count). The fraction of sp³-hybridized carbons (Fsp3) is 0.400. The number of ether oxygens (including phenoxy) is 1. The highest BCUT2D eigenvalue weighted by atomic mass is 19.4. The van der Waals surface area contributed by atoms with Gasteiger partial charge in [-0.05, 0) is 11.0 Å². The van der Waals surface area contributed by atoms with Crippen molar-refractivity contribution in [3.63, 3.8) is 0 Å². The van der Waals surface area contributed by atoms with Crippen LogP contribution in [0, 0.1) is 0 Å². The van der Waals surface area contributed by atoms with Gasteiger partial charge in [0.2, 0.25) is 0 Å². The van der Waals surface area contributed by atoms with Crippen LogP contribution in [-0.4, -0.2) is 29.9 Å². The molecule has 3 nitrogen and oxygen atoms in total. The van der Waals surface area contributed by atoms with Gasteiger partial charge in [-0.25, -0.2) is 0 Å². The lowest BCUT2D eigenvalue weighted by molar-refractivity contribution is -0.146. The van der Waals surface area contributed by atoms with E-state index >= 15 is 0 Å². The molecule has 94 valence electrons. The summed E-state index contributed by atoms with van der Waals surface area (Å²) in [6.45, 7) is -0.525. The summed E-state index contributed by atoms with van der Waals surface area (Å²) in [4.78, 5) is 0. The van der Waals surface area contributed by atoms with Gasteiger partial charge < -0.3 is 14.8 Å². The van der Waals surface area contributed by atoms with Gasteiger partial charge in [0.1, 0.15) is 0 Å². The number of halogens is 3. The van der Waals surface area contributed by atoms with Gasteiger partial charge in [0, 0.05) is 0 Å². The Morgan fingerprint density at radius 1 is 1.18 bits per heavy atom. The van der Waals surface area contributed by atoms with Crippen LogP contribution < -0.4 is 5.46 Å². The predicted octanol–water partition coefficient (Wildman–Crippen LogP) is 0.835. The molecule has 0 fully saturated rings. The maximum absolute atomic E-state index is 11.8. The van der Waals surface area contributed by atoms with Gasteiger partial charge in [-0.3, -0.25) is 0 Å². The van der Waals surface area contributed by atoms with E-state index in [-0.39, 0.29) is 12.1 Å². The van der Waals surface area contributed by atoms with Crippen LogP contribution >= 0.6 is 0 Å². The maximum atomic E-state index is 11.8. The molecule has 0 unspecified atom stereocenters. The number of hydrogen-bond acceptors (Lipinski definition) is 3. The molecule has 0 aliphatic carbocycles. The van der Waals surface area contributed by atoms with E-state index in [4.69, 9.17) is 14.8 Å². The molecule has 0 aliphatic rings. The third-order valence-electron chi connectivity index (χ3n) is 2.12. The Balaban J connectivity index is 2.47. The summed E-state index contributed by atoms with van der Waals surface area (Å²) in [5.74, 6) is 0. The van der Waals surface area contributed by atoms with Crippen molar-refractivity contribution in [2.75, 3.05) is 6.61 Å². The third kappa shape index (κ3) is 5.21. The van der Waals surface area contributed by atoms with Gasteiger partial charge >= 0.3 is 13.3 Å². The average molecular weight is 248 g/mol. The number of alkyl halides is 3. The van der Waals surface area contributed by atoms with Crippen LogP contribution in [0.5, 0.6) is 0 Å². The van der Waals surface area contributed by atoms with Crippen LogP contribution in [0.2, 0.25) is 0 Å². The standard InChI is InChI=1S/C10H12BF3O3/c12-10(13,14)5-6-17-7-8-3-1-2-4-9(8)11(15)16/h1-4,15-16H,5-7H2. The molecule has 0 spiro atoms. The Labute approximate surface area is 97.0 Å². The zero-order valence-corrected chi connectivity index (χ0v) is 8.94. The van der Waals surface area contributed by atoms with Crippen LogP contribution in [0.3, 0.4) is 0 Å². The average Bonchev–Trinajstić information content (AvgIpc) is 2.23. The first-order chi connectivity index (χ1) is 7.90. The lowest BCUT2D eigenvalue weighted by Gasteiger charge is -2.10. The van der Waals surface area contributed by atoms with Crippen LogP contribution in [0.1, 0.15) is 12.0 Å². The fourth-order valence-electron chi connectivity index (χ4n) is 1.29. The van der Waals surface area contributed by atoms with Crippen molar-refractivity contribution in [2.24, 2.45) is 0 Å². The molecule has 0 saturated carbocycles. The molecule has 0 atom stereocenters. The van der Waals surface area contributed by atoms with Crippen LogP contribution in [0.4, 0.5) is 13.2 Å². The summed E-state index contributed by atoms with van der Waals surface area (Å²) in [5, 5.41) is 18.0. The summed E-state index contributed by atoms with van der Waals surface area (Å²) in [7, 11) is -1.66. The van der Waals surface area contributed by atoms with E-state index in [2.05, 4.69) is 0 Å². The smallest absolute Gasteiger partial charge is 0.423 e. The highest BCUT2D eigenvalue weighted by Crippen LogP contribution is 2.19. The van der Waals surface area contributed by atoms with E-state index in [9.17, 15) is 13.2 Å². The molecule has 17 heavy (non-hydrogen) atoms. The fourth-order valence-corrected chi connectivity index (χ4v) is 1.29. The second-order valence-electron chi connectivity index (χ2n) is 3.49. The van der Waals surface area contributed by atoms with Crippen molar-refractivity contribution in [3.8, 4) is 0 Å². The summed E-state index contributed by atoms with van der Waals surface area (Å²) in [6, 6.07) is 6.30. The van der Waals surface area contributed by atoms with Gasteiger partial charge in [0.15, 0.2) is 0 Å². The zero-order valence-electron chi connectivity index (χ0n) is 8.94. The van der Waals surface area contributed by atoms with Crippen molar-refractivity contribution >= 4 is 12.6 Å². The largest absolute Gasteiger partial charge is 0.488 e. The van der Waals surface area contributed by atoms with Crippen LogP contribution in [0.25, 0.3) is 0 Å².